The summed E-state index contributed by atoms with van der Waals surface area (Å²) in [6.07, 6.45) is -0.498. The maximum atomic E-state index is 13.0. The van der Waals surface area contributed by atoms with Gasteiger partial charge < -0.3 is 19.7 Å². The number of anilines is 1. The van der Waals surface area contributed by atoms with Crippen molar-refractivity contribution in [3.8, 4) is 5.75 Å². The zero-order valence-corrected chi connectivity index (χ0v) is 16.8. The van der Waals surface area contributed by atoms with Crippen LogP contribution in [0.5, 0.6) is 5.75 Å². The average molecular weight is 389 g/mol. The van der Waals surface area contributed by atoms with Gasteiger partial charge in [0.05, 0.1) is 18.8 Å². The summed E-state index contributed by atoms with van der Waals surface area (Å²) < 4.78 is 11.7. The van der Waals surface area contributed by atoms with E-state index in [2.05, 4.69) is 5.32 Å². The van der Waals surface area contributed by atoms with E-state index in [1.807, 2.05) is 57.3 Å². The third kappa shape index (κ3) is 4.04. The monoisotopic (exact) mass is 388 g/mol. The fourth-order valence-electron chi connectivity index (χ4n) is 3.34. The van der Waals surface area contributed by atoms with E-state index < -0.39 is 0 Å². The van der Waals surface area contributed by atoms with Crippen molar-refractivity contribution in [2.45, 2.75) is 26.1 Å². The number of methoxy groups -OCH3 is 1. The van der Waals surface area contributed by atoms with Crippen LogP contribution in [0.4, 0.5) is 5.69 Å². The van der Waals surface area contributed by atoms with E-state index in [0.29, 0.717) is 23.9 Å². The van der Waals surface area contributed by atoms with Crippen LogP contribution < -0.4 is 10.1 Å². The van der Waals surface area contributed by atoms with E-state index in [0.717, 1.165) is 22.4 Å². The van der Waals surface area contributed by atoms with Crippen LogP contribution in [0.25, 0.3) is 0 Å². The topological polar surface area (TPSA) is 50.8 Å². The van der Waals surface area contributed by atoms with Gasteiger partial charge in [0.15, 0.2) is 0 Å². The highest BCUT2D eigenvalue weighted by atomic mass is 35.5. The molecular formula is C21H25ClN2O3. The van der Waals surface area contributed by atoms with Gasteiger partial charge in [-0.2, -0.15) is 0 Å². The fraction of sp³-hybridized carbons (Fsp3) is 0.381. The molecule has 1 N–H and O–H groups in total. The first kappa shape index (κ1) is 19.5. The lowest BCUT2D eigenvalue weighted by Crippen LogP contribution is -2.32. The number of ether oxygens (including phenoxy) is 2. The normalized spacial score (nSPS) is 19.2. The Morgan fingerprint density at radius 3 is 2.63 bits per heavy atom. The molecule has 0 spiro atoms. The van der Waals surface area contributed by atoms with E-state index >= 15 is 0 Å². The standard InChI is InChI=1S/C21H25ClN2O3/c1-13-8-9-14(2)15(10-13)21(25)24-11-18(26-4)19(12-24)27-17-7-5-6-16(23-3)20(17)22/h5-10,18-19,23H,11-12H2,1-4H3. The van der Waals surface area contributed by atoms with Crippen LogP contribution in [0.3, 0.4) is 0 Å². The molecule has 2 unspecified atom stereocenters. The summed E-state index contributed by atoms with van der Waals surface area (Å²) in [6.45, 7) is 4.87. The van der Waals surface area contributed by atoms with Crippen molar-refractivity contribution in [2.24, 2.45) is 0 Å². The van der Waals surface area contributed by atoms with Crippen molar-refractivity contribution in [1.82, 2.24) is 4.90 Å². The Bertz CT molecular complexity index is 840. The number of rotatable bonds is 5. The number of hydrogen-bond donors (Lipinski definition) is 1. The molecule has 1 fully saturated rings. The van der Waals surface area contributed by atoms with Crippen molar-refractivity contribution >= 4 is 23.2 Å². The van der Waals surface area contributed by atoms with Crippen molar-refractivity contribution in [2.75, 3.05) is 32.6 Å². The number of nitrogens with zero attached hydrogens (tertiary/aromatic N) is 1. The van der Waals surface area contributed by atoms with Crippen LogP contribution in [-0.4, -0.2) is 50.3 Å². The van der Waals surface area contributed by atoms with Gasteiger partial charge >= 0.3 is 0 Å². The molecule has 1 aliphatic heterocycles. The summed E-state index contributed by atoms with van der Waals surface area (Å²) in [7, 11) is 3.45. The van der Waals surface area contributed by atoms with Crippen LogP contribution in [-0.2, 0) is 4.74 Å². The first-order valence-corrected chi connectivity index (χ1v) is 9.34. The van der Waals surface area contributed by atoms with Crippen LogP contribution in [0, 0.1) is 13.8 Å². The largest absolute Gasteiger partial charge is 0.484 e. The summed E-state index contributed by atoms with van der Waals surface area (Å²) in [4.78, 5) is 14.8. The molecule has 6 heteroatoms. The van der Waals surface area contributed by atoms with Crippen LogP contribution in [0.1, 0.15) is 21.5 Å². The zero-order chi connectivity index (χ0) is 19.6. The maximum absolute atomic E-state index is 13.0. The highest BCUT2D eigenvalue weighted by Gasteiger charge is 2.38. The second kappa shape index (κ2) is 8.19. The van der Waals surface area contributed by atoms with Crippen molar-refractivity contribution < 1.29 is 14.3 Å². The molecule has 1 aliphatic rings. The third-order valence-electron chi connectivity index (χ3n) is 4.94. The SMILES string of the molecule is CNc1cccc(OC2CN(C(=O)c3cc(C)ccc3C)CC2OC)c1Cl. The summed E-state index contributed by atoms with van der Waals surface area (Å²) in [6, 6.07) is 11.5. The molecule has 0 saturated carbocycles. The predicted octanol–water partition coefficient (Wildman–Crippen LogP) is 3.92. The number of hydrogen-bond acceptors (Lipinski definition) is 4. The van der Waals surface area contributed by atoms with E-state index in [9.17, 15) is 4.79 Å². The molecule has 1 heterocycles. The van der Waals surface area contributed by atoms with Gasteiger partial charge in [0, 0.05) is 19.7 Å². The van der Waals surface area contributed by atoms with E-state index in [4.69, 9.17) is 21.1 Å². The Labute approximate surface area is 165 Å². The Kier molecular flexibility index (Phi) is 5.92. The average Bonchev–Trinajstić information content (AvgIpc) is 3.07. The van der Waals surface area contributed by atoms with Crippen LogP contribution >= 0.6 is 11.6 Å². The molecule has 1 saturated heterocycles. The van der Waals surface area contributed by atoms with Gasteiger partial charge in [0.25, 0.3) is 5.91 Å². The minimum absolute atomic E-state index is 0.000535. The summed E-state index contributed by atoms with van der Waals surface area (Å²) in [5, 5.41) is 3.56. The van der Waals surface area contributed by atoms with Gasteiger partial charge in [-0.05, 0) is 37.6 Å². The molecule has 27 heavy (non-hydrogen) atoms. The maximum Gasteiger partial charge on any atom is 0.254 e. The molecule has 2 aromatic carbocycles. The number of amides is 1. The second-order valence-electron chi connectivity index (χ2n) is 6.83. The number of nitrogens with one attached hydrogen (secondary N) is 1. The van der Waals surface area contributed by atoms with Gasteiger partial charge in [-0.25, -0.2) is 0 Å². The number of likely N-dealkylation sites (tertiary alicyclic amines) is 1. The Morgan fingerprint density at radius 1 is 1.19 bits per heavy atom. The number of halogens is 1. The minimum atomic E-state index is -0.284. The molecule has 2 aromatic rings. The van der Waals surface area contributed by atoms with Gasteiger partial charge in [-0.15, -0.1) is 0 Å². The van der Waals surface area contributed by atoms with Gasteiger partial charge in [-0.1, -0.05) is 35.4 Å². The number of carbonyl (C=O) groups is 1. The molecule has 1 amide bonds. The van der Waals surface area contributed by atoms with Crippen molar-refractivity contribution in [1.29, 1.82) is 0 Å². The number of carbonyl (C=O) groups excluding carboxylic acids is 1. The Hall–Kier alpha value is -2.24. The fourth-order valence-corrected chi connectivity index (χ4v) is 3.61. The quantitative estimate of drug-likeness (QED) is 0.843. The van der Waals surface area contributed by atoms with Crippen LogP contribution in [0.15, 0.2) is 36.4 Å². The molecule has 0 bridgehead atoms. The summed E-state index contributed by atoms with van der Waals surface area (Å²) >= 11 is 6.40. The molecule has 0 radical (unpaired) electrons. The molecule has 0 aliphatic carbocycles. The lowest BCUT2D eigenvalue weighted by atomic mass is 10.0. The summed E-state index contributed by atoms with van der Waals surface area (Å²) in [5.41, 5.74) is 3.55. The van der Waals surface area contributed by atoms with E-state index in [-0.39, 0.29) is 18.1 Å². The van der Waals surface area contributed by atoms with Gasteiger partial charge in [0.1, 0.15) is 23.0 Å². The number of aryl methyl sites for hydroxylation is 2. The first-order valence-electron chi connectivity index (χ1n) is 8.96. The van der Waals surface area contributed by atoms with Crippen molar-refractivity contribution in [3.05, 3.63) is 58.1 Å². The zero-order valence-electron chi connectivity index (χ0n) is 16.1. The second-order valence-corrected chi connectivity index (χ2v) is 7.20. The highest BCUT2D eigenvalue weighted by molar-refractivity contribution is 6.34. The summed E-state index contributed by atoms with van der Waals surface area (Å²) in [5.74, 6) is 0.580. The lowest BCUT2D eigenvalue weighted by Gasteiger charge is -2.20. The Morgan fingerprint density at radius 2 is 1.93 bits per heavy atom. The minimum Gasteiger partial charge on any atom is -0.484 e. The predicted molar refractivity (Wildman–Crippen MR) is 108 cm³/mol. The van der Waals surface area contributed by atoms with Gasteiger partial charge in [0.2, 0.25) is 0 Å². The molecule has 0 aromatic heterocycles. The molecular weight excluding hydrogens is 364 g/mol. The highest BCUT2D eigenvalue weighted by Crippen LogP contribution is 2.34. The van der Waals surface area contributed by atoms with Crippen LogP contribution in [0.2, 0.25) is 5.02 Å². The molecule has 2 atom stereocenters. The van der Waals surface area contributed by atoms with E-state index in [1.165, 1.54) is 0 Å². The van der Waals surface area contributed by atoms with Gasteiger partial charge in [-0.3, -0.25) is 4.79 Å². The number of benzene rings is 2. The third-order valence-corrected chi connectivity index (χ3v) is 5.33. The molecule has 5 nitrogen and oxygen atoms in total. The molecule has 3 rings (SSSR count). The Balaban J connectivity index is 1.79. The first-order chi connectivity index (χ1) is 12.9. The van der Waals surface area contributed by atoms with Crippen molar-refractivity contribution in [3.63, 3.8) is 0 Å². The lowest BCUT2D eigenvalue weighted by molar-refractivity contribution is 0.0340. The molecule has 144 valence electrons. The smallest absolute Gasteiger partial charge is 0.254 e. The van der Waals surface area contributed by atoms with E-state index in [1.54, 1.807) is 12.0 Å².